The van der Waals surface area contributed by atoms with Gasteiger partial charge in [0.25, 0.3) is 0 Å². The van der Waals surface area contributed by atoms with Crippen LogP contribution in [0.25, 0.3) is 0 Å². The number of pyridine rings is 1. The van der Waals surface area contributed by atoms with E-state index in [-0.39, 0.29) is 17.7 Å². The lowest BCUT2D eigenvalue weighted by atomic mass is 9.96. The van der Waals surface area contributed by atoms with Gasteiger partial charge in [-0.25, -0.2) is 4.98 Å². The maximum atomic E-state index is 12.4. The Kier molecular flexibility index (Phi) is 7.13. The zero-order chi connectivity index (χ0) is 21.5. The fourth-order valence-electron chi connectivity index (χ4n) is 3.39. The minimum Gasteiger partial charge on any atom is -0.366 e. The normalized spacial score (nSPS) is 14.8. The van der Waals surface area contributed by atoms with Crippen LogP contribution in [0.3, 0.4) is 0 Å². The molecule has 4 N–H and O–H groups in total. The van der Waals surface area contributed by atoms with Crippen molar-refractivity contribution >= 4 is 29.2 Å². The molecule has 0 bridgehead atoms. The van der Waals surface area contributed by atoms with Gasteiger partial charge in [0.15, 0.2) is 0 Å². The van der Waals surface area contributed by atoms with Crippen molar-refractivity contribution in [3.8, 4) is 0 Å². The van der Waals surface area contributed by atoms with Crippen LogP contribution in [0, 0.1) is 12.8 Å². The van der Waals surface area contributed by atoms with Gasteiger partial charge in [-0.1, -0.05) is 6.07 Å². The number of carbonyl (C=O) groups excluding carboxylic acids is 3. The van der Waals surface area contributed by atoms with Crippen molar-refractivity contribution < 1.29 is 14.4 Å². The van der Waals surface area contributed by atoms with Crippen LogP contribution in [-0.2, 0) is 9.59 Å². The minimum absolute atomic E-state index is 0.00292. The zero-order valence-corrected chi connectivity index (χ0v) is 17.1. The standard InChI is InChI=1S/C22H27N5O3/c1-15-2-7-19(24-14-15)26-22(30)17-8-11-27(12-9-17)13-10-20(28)25-18-5-3-16(4-6-18)21(23)29/h2-7,14,17H,8-13H2,1H3,(H2,23,29)(H,25,28)(H,24,26,30). The lowest BCUT2D eigenvalue weighted by Crippen LogP contribution is -2.39. The number of aromatic nitrogens is 1. The summed E-state index contributed by atoms with van der Waals surface area (Å²) in [6.45, 7) is 4.15. The highest BCUT2D eigenvalue weighted by Gasteiger charge is 2.25. The predicted molar refractivity (Wildman–Crippen MR) is 115 cm³/mol. The largest absolute Gasteiger partial charge is 0.366 e. The summed E-state index contributed by atoms with van der Waals surface area (Å²) in [5, 5.41) is 5.70. The number of rotatable bonds is 7. The maximum Gasteiger partial charge on any atom is 0.248 e. The summed E-state index contributed by atoms with van der Waals surface area (Å²) in [4.78, 5) is 42.1. The molecule has 2 heterocycles. The van der Waals surface area contributed by atoms with Gasteiger partial charge in [-0.05, 0) is 68.8 Å². The first kappa shape index (κ1) is 21.4. The molecule has 0 saturated carbocycles. The fourth-order valence-corrected chi connectivity index (χ4v) is 3.39. The number of carbonyl (C=O) groups is 3. The Morgan fingerprint density at radius 1 is 1.07 bits per heavy atom. The maximum absolute atomic E-state index is 12.4. The van der Waals surface area contributed by atoms with E-state index in [1.807, 2.05) is 19.1 Å². The summed E-state index contributed by atoms with van der Waals surface area (Å²) in [5.74, 6) is -0.0501. The molecule has 1 aromatic carbocycles. The van der Waals surface area contributed by atoms with Crippen molar-refractivity contribution in [3.63, 3.8) is 0 Å². The van der Waals surface area contributed by atoms with Crippen LogP contribution in [0.5, 0.6) is 0 Å². The number of piperidine rings is 1. The first-order valence-electron chi connectivity index (χ1n) is 10.1. The van der Waals surface area contributed by atoms with Crippen molar-refractivity contribution in [2.24, 2.45) is 11.7 Å². The molecule has 8 heteroatoms. The summed E-state index contributed by atoms with van der Waals surface area (Å²) >= 11 is 0. The van der Waals surface area contributed by atoms with Crippen LogP contribution in [0.2, 0.25) is 0 Å². The monoisotopic (exact) mass is 409 g/mol. The van der Waals surface area contributed by atoms with Crippen LogP contribution in [0.1, 0.15) is 35.2 Å². The summed E-state index contributed by atoms with van der Waals surface area (Å²) < 4.78 is 0. The number of nitrogens with one attached hydrogen (secondary N) is 2. The first-order chi connectivity index (χ1) is 14.4. The van der Waals surface area contributed by atoms with Crippen molar-refractivity contribution in [1.82, 2.24) is 9.88 Å². The second-order valence-corrected chi connectivity index (χ2v) is 7.57. The molecule has 1 aliphatic heterocycles. The number of amides is 3. The highest BCUT2D eigenvalue weighted by atomic mass is 16.2. The number of nitrogens with zero attached hydrogens (tertiary/aromatic N) is 2. The summed E-state index contributed by atoms with van der Waals surface area (Å²) in [6.07, 6.45) is 3.61. The second-order valence-electron chi connectivity index (χ2n) is 7.57. The molecular formula is C22H27N5O3. The van der Waals surface area contributed by atoms with Crippen LogP contribution in [0.15, 0.2) is 42.6 Å². The Labute approximate surface area is 175 Å². The van der Waals surface area contributed by atoms with Gasteiger partial charge in [0.1, 0.15) is 5.82 Å². The summed E-state index contributed by atoms with van der Waals surface area (Å²) in [7, 11) is 0. The average Bonchev–Trinajstić information content (AvgIpc) is 2.74. The smallest absolute Gasteiger partial charge is 0.248 e. The van der Waals surface area contributed by atoms with Crippen LogP contribution in [-0.4, -0.2) is 47.2 Å². The molecule has 0 radical (unpaired) electrons. The summed E-state index contributed by atoms with van der Waals surface area (Å²) in [6, 6.07) is 10.2. The molecule has 1 aromatic heterocycles. The van der Waals surface area contributed by atoms with E-state index in [9.17, 15) is 14.4 Å². The molecule has 0 spiro atoms. The third-order valence-corrected chi connectivity index (χ3v) is 5.23. The summed E-state index contributed by atoms with van der Waals surface area (Å²) in [5.41, 5.74) is 7.29. The van der Waals surface area contributed by atoms with Crippen LogP contribution in [0.4, 0.5) is 11.5 Å². The third-order valence-electron chi connectivity index (χ3n) is 5.23. The van der Waals surface area contributed by atoms with Gasteiger partial charge >= 0.3 is 0 Å². The second kappa shape index (κ2) is 9.98. The third kappa shape index (κ3) is 6.12. The fraction of sp³-hybridized carbons (Fsp3) is 0.364. The van der Waals surface area contributed by atoms with Crippen LogP contribution < -0.4 is 16.4 Å². The number of anilines is 2. The minimum atomic E-state index is -0.500. The number of likely N-dealkylation sites (tertiary alicyclic amines) is 1. The molecule has 3 amide bonds. The average molecular weight is 409 g/mol. The van der Waals surface area contributed by atoms with E-state index in [1.165, 1.54) is 0 Å². The van der Waals surface area contributed by atoms with E-state index in [4.69, 9.17) is 5.73 Å². The van der Waals surface area contributed by atoms with Gasteiger partial charge in [0.2, 0.25) is 17.7 Å². The first-order valence-corrected chi connectivity index (χ1v) is 10.1. The molecule has 1 aliphatic rings. The number of benzene rings is 1. The van der Waals surface area contributed by atoms with Gasteiger partial charge in [-0.3, -0.25) is 14.4 Å². The predicted octanol–water partition coefficient (Wildman–Crippen LogP) is 2.17. The number of nitrogens with two attached hydrogens (primary N) is 1. The lowest BCUT2D eigenvalue weighted by Gasteiger charge is -2.31. The molecule has 30 heavy (non-hydrogen) atoms. The highest BCUT2D eigenvalue weighted by molar-refractivity contribution is 5.95. The molecule has 1 fully saturated rings. The van der Waals surface area contributed by atoms with E-state index in [0.717, 1.165) is 31.5 Å². The molecule has 1 saturated heterocycles. The Balaban J connectivity index is 1.37. The van der Waals surface area contributed by atoms with E-state index in [1.54, 1.807) is 30.5 Å². The van der Waals surface area contributed by atoms with E-state index < -0.39 is 5.91 Å². The Morgan fingerprint density at radius 2 is 1.77 bits per heavy atom. The number of aryl methyl sites for hydroxylation is 1. The molecule has 3 rings (SSSR count). The highest BCUT2D eigenvalue weighted by Crippen LogP contribution is 2.19. The number of hydrogen-bond acceptors (Lipinski definition) is 5. The van der Waals surface area contributed by atoms with E-state index in [0.29, 0.717) is 30.0 Å². The topological polar surface area (TPSA) is 117 Å². The van der Waals surface area contributed by atoms with Crippen molar-refractivity contribution in [3.05, 3.63) is 53.7 Å². The molecule has 0 unspecified atom stereocenters. The van der Waals surface area contributed by atoms with Crippen molar-refractivity contribution in [1.29, 1.82) is 0 Å². The lowest BCUT2D eigenvalue weighted by molar-refractivity contribution is -0.121. The molecule has 0 atom stereocenters. The molecule has 8 nitrogen and oxygen atoms in total. The van der Waals surface area contributed by atoms with Gasteiger partial charge in [-0.15, -0.1) is 0 Å². The molecule has 2 aromatic rings. The number of hydrogen-bond donors (Lipinski definition) is 3. The van der Waals surface area contributed by atoms with Crippen molar-refractivity contribution in [2.45, 2.75) is 26.2 Å². The quantitative estimate of drug-likeness (QED) is 0.648. The Bertz CT molecular complexity index is 888. The van der Waals surface area contributed by atoms with E-state index >= 15 is 0 Å². The van der Waals surface area contributed by atoms with Gasteiger partial charge in [-0.2, -0.15) is 0 Å². The molecule has 0 aliphatic carbocycles. The van der Waals surface area contributed by atoms with Crippen LogP contribution >= 0.6 is 0 Å². The van der Waals surface area contributed by atoms with Gasteiger partial charge in [0, 0.05) is 36.3 Å². The Morgan fingerprint density at radius 3 is 2.37 bits per heavy atom. The Hall–Kier alpha value is -3.26. The van der Waals surface area contributed by atoms with Gasteiger partial charge < -0.3 is 21.3 Å². The van der Waals surface area contributed by atoms with Crippen molar-refractivity contribution in [2.75, 3.05) is 30.3 Å². The zero-order valence-electron chi connectivity index (χ0n) is 17.1. The SMILES string of the molecule is Cc1ccc(NC(=O)C2CCN(CCC(=O)Nc3ccc(C(N)=O)cc3)CC2)nc1. The number of primary amides is 1. The molecular weight excluding hydrogens is 382 g/mol. The van der Waals surface area contributed by atoms with E-state index in [2.05, 4.69) is 20.5 Å². The molecule has 158 valence electrons. The van der Waals surface area contributed by atoms with Gasteiger partial charge in [0.05, 0.1) is 0 Å².